The van der Waals surface area contributed by atoms with Gasteiger partial charge in [-0.15, -0.1) is 0 Å². The van der Waals surface area contributed by atoms with Crippen molar-refractivity contribution in [3.8, 4) is 0 Å². The summed E-state index contributed by atoms with van der Waals surface area (Å²) in [6.07, 6.45) is 1.69. The molecule has 0 bridgehead atoms. The van der Waals surface area contributed by atoms with Gasteiger partial charge in [-0.25, -0.2) is 4.79 Å². The minimum Gasteiger partial charge on any atom is -0.461 e. The molecular weight excluding hydrogens is 414 g/mol. The van der Waals surface area contributed by atoms with Crippen molar-refractivity contribution in [3.63, 3.8) is 0 Å². The Morgan fingerprint density at radius 1 is 1.31 bits per heavy atom. The number of nitrogens with one attached hydrogen (secondary N) is 1. The van der Waals surface area contributed by atoms with Crippen LogP contribution in [0, 0.1) is 10.1 Å². The van der Waals surface area contributed by atoms with Crippen LogP contribution in [-0.2, 0) is 17.8 Å². The Labute approximate surface area is 183 Å². The van der Waals surface area contributed by atoms with Crippen molar-refractivity contribution in [2.75, 3.05) is 13.2 Å². The lowest BCUT2D eigenvalue weighted by Gasteiger charge is -2.31. The van der Waals surface area contributed by atoms with Crippen LogP contribution in [0.25, 0.3) is 0 Å². The normalized spacial score (nSPS) is 15.3. The molecule has 1 aromatic carbocycles. The first kappa shape index (κ1) is 21.3. The molecule has 2 aromatic heterocycles. The first-order valence-corrected chi connectivity index (χ1v) is 10.3. The highest BCUT2D eigenvalue weighted by atomic mass is 16.6. The number of hydrogen-bond acceptors (Lipinski definition) is 6. The number of carbonyl (C=O) groups excluding carboxylic acids is 2. The van der Waals surface area contributed by atoms with E-state index in [-0.39, 0.29) is 42.9 Å². The van der Waals surface area contributed by atoms with E-state index in [1.807, 2.05) is 6.92 Å². The minimum atomic E-state index is -0.553. The quantitative estimate of drug-likeness (QED) is 0.359. The van der Waals surface area contributed by atoms with Gasteiger partial charge >= 0.3 is 5.97 Å². The van der Waals surface area contributed by atoms with Crippen molar-refractivity contribution >= 4 is 17.6 Å². The van der Waals surface area contributed by atoms with E-state index in [0.717, 1.165) is 5.69 Å². The van der Waals surface area contributed by atoms with Crippen LogP contribution in [0.4, 0.5) is 5.69 Å². The number of aromatic nitrogens is 3. The van der Waals surface area contributed by atoms with E-state index < -0.39 is 10.9 Å². The number of nitro groups is 1. The number of ether oxygens (including phenoxy) is 1. The molecule has 1 aliphatic rings. The Morgan fingerprint density at radius 2 is 2.12 bits per heavy atom. The van der Waals surface area contributed by atoms with Crippen LogP contribution in [0.2, 0.25) is 0 Å². The Kier molecular flexibility index (Phi) is 5.76. The molecular formula is C22H23N5O5. The lowest BCUT2D eigenvalue weighted by Crippen LogP contribution is -2.38. The maximum atomic E-state index is 12.9. The van der Waals surface area contributed by atoms with Crippen molar-refractivity contribution in [3.05, 3.63) is 80.9 Å². The van der Waals surface area contributed by atoms with Gasteiger partial charge in [-0.3, -0.25) is 19.6 Å². The number of nitro benzene ring substituents is 1. The number of fused-ring (bicyclic) bond motifs is 1. The van der Waals surface area contributed by atoms with Gasteiger partial charge < -0.3 is 14.6 Å². The Balaban J connectivity index is 1.72. The van der Waals surface area contributed by atoms with E-state index in [1.165, 1.54) is 12.1 Å². The first-order valence-electron chi connectivity index (χ1n) is 10.3. The average Bonchev–Trinajstić information content (AvgIpc) is 3.42. The van der Waals surface area contributed by atoms with Crippen LogP contribution in [0.15, 0.2) is 42.6 Å². The van der Waals surface area contributed by atoms with Crippen LogP contribution in [0.5, 0.6) is 0 Å². The fourth-order valence-corrected chi connectivity index (χ4v) is 4.11. The second-order valence-electron chi connectivity index (χ2n) is 7.69. The zero-order chi connectivity index (χ0) is 22.8. The number of benzene rings is 1. The third-order valence-electron chi connectivity index (χ3n) is 5.44. The molecule has 10 heteroatoms. The average molecular weight is 437 g/mol. The Bertz CT molecular complexity index is 1170. The molecule has 0 fully saturated rings. The van der Waals surface area contributed by atoms with Gasteiger partial charge in [0.15, 0.2) is 5.69 Å². The summed E-state index contributed by atoms with van der Waals surface area (Å²) in [7, 11) is 0. The van der Waals surface area contributed by atoms with Gasteiger partial charge in [-0.2, -0.15) is 5.10 Å². The molecule has 1 unspecified atom stereocenters. The highest BCUT2D eigenvalue weighted by Gasteiger charge is 2.35. The first-order chi connectivity index (χ1) is 15.4. The molecule has 0 aliphatic carbocycles. The number of carbonyl (C=O) groups is 2. The molecule has 1 N–H and O–H groups in total. The third-order valence-corrected chi connectivity index (χ3v) is 5.44. The molecule has 0 saturated carbocycles. The smallest absolute Gasteiger partial charge is 0.359 e. The van der Waals surface area contributed by atoms with E-state index in [9.17, 15) is 19.7 Å². The molecule has 32 heavy (non-hydrogen) atoms. The standard InChI is InChI=1S/C22H23N5O5/c1-3-32-22(29)19-17-13-25(21(28)18-8-5-9-23-18)11-14(2)20(17)26(24-19)12-15-6-4-7-16(10-15)27(30)31/h4-10,14,23H,3,11-13H2,1-2H3. The zero-order valence-electron chi connectivity index (χ0n) is 17.8. The van der Waals surface area contributed by atoms with Crippen molar-refractivity contribution in [1.82, 2.24) is 19.7 Å². The molecule has 3 aromatic rings. The predicted octanol–water partition coefficient (Wildman–Crippen LogP) is 3.10. The summed E-state index contributed by atoms with van der Waals surface area (Å²) >= 11 is 0. The number of hydrogen-bond donors (Lipinski definition) is 1. The predicted molar refractivity (Wildman–Crippen MR) is 114 cm³/mol. The van der Waals surface area contributed by atoms with Crippen molar-refractivity contribution in [2.45, 2.75) is 32.9 Å². The number of aromatic amines is 1. The number of amides is 1. The molecule has 0 saturated heterocycles. The number of H-pyrrole nitrogens is 1. The fraction of sp³-hybridized carbons (Fsp3) is 0.318. The van der Waals surface area contributed by atoms with Crippen LogP contribution in [0.3, 0.4) is 0 Å². The van der Waals surface area contributed by atoms with Crippen molar-refractivity contribution < 1.29 is 19.2 Å². The molecule has 1 amide bonds. The molecule has 4 rings (SSSR count). The number of rotatable bonds is 6. The largest absolute Gasteiger partial charge is 0.461 e. The van der Waals surface area contributed by atoms with Crippen LogP contribution < -0.4 is 0 Å². The highest BCUT2D eigenvalue weighted by molar-refractivity contribution is 5.93. The fourth-order valence-electron chi connectivity index (χ4n) is 4.11. The third kappa shape index (κ3) is 3.98. The van der Waals surface area contributed by atoms with Crippen LogP contribution in [0.1, 0.15) is 57.6 Å². The number of esters is 1. The van der Waals surface area contributed by atoms with E-state index in [0.29, 0.717) is 23.4 Å². The molecule has 1 atom stereocenters. The van der Waals surface area contributed by atoms with E-state index in [4.69, 9.17) is 4.74 Å². The van der Waals surface area contributed by atoms with Gasteiger partial charge in [0, 0.05) is 42.0 Å². The summed E-state index contributed by atoms with van der Waals surface area (Å²) in [5, 5.41) is 15.6. The minimum absolute atomic E-state index is 0.00934. The second-order valence-corrected chi connectivity index (χ2v) is 7.69. The summed E-state index contributed by atoms with van der Waals surface area (Å²) in [4.78, 5) is 40.8. The summed E-state index contributed by atoms with van der Waals surface area (Å²) in [6.45, 7) is 4.82. The Hall–Kier alpha value is -3.95. The van der Waals surface area contributed by atoms with Gasteiger partial charge in [-0.05, 0) is 24.6 Å². The summed E-state index contributed by atoms with van der Waals surface area (Å²) in [6, 6.07) is 9.79. The number of nitrogens with zero attached hydrogens (tertiary/aromatic N) is 4. The summed E-state index contributed by atoms with van der Waals surface area (Å²) in [5.74, 6) is -0.816. The summed E-state index contributed by atoms with van der Waals surface area (Å²) < 4.78 is 6.89. The molecule has 0 spiro atoms. The Morgan fingerprint density at radius 3 is 2.81 bits per heavy atom. The molecule has 0 radical (unpaired) electrons. The van der Waals surface area contributed by atoms with E-state index in [1.54, 1.807) is 47.0 Å². The van der Waals surface area contributed by atoms with Crippen molar-refractivity contribution in [2.24, 2.45) is 0 Å². The lowest BCUT2D eigenvalue weighted by molar-refractivity contribution is -0.384. The van der Waals surface area contributed by atoms with Gasteiger partial charge in [0.1, 0.15) is 5.69 Å². The highest BCUT2D eigenvalue weighted by Crippen LogP contribution is 2.32. The lowest BCUT2D eigenvalue weighted by atomic mass is 9.95. The SMILES string of the molecule is CCOC(=O)c1nn(Cc2cccc([N+](=O)[O-])c2)c2c1CN(C(=O)c1ccc[nH]1)CC2C. The zero-order valence-corrected chi connectivity index (χ0v) is 17.8. The maximum Gasteiger partial charge on any atom is 0.359 e. The monoisotopic (exact) mass is 437 g/mol. The van der Waals surface area contributed by atoms with Crippen LogP contribution >= 0.6 is 0 Å². The van der Waals surface area contributed by atoms with Gasteiger partial charge in [-0.1, -0.05) is 19.1 Å². The maximum absolute atomic E-state index is 12.9. The van der Waals surface area contributed by atoms with E-state index in [2.05, 4.69) is 10.1 Å². The topological polar surface area (TPSA) is 123 Å². The van der Waals surface area contributed by atoms with Crippen molar-refractivity contribution in [1.29, 1.82) is 0 Å². The van der Waals surface area contributed by atoms with Gasteiger partial charge in [0.05, 0.1) is 24.6 Å². The van der Waals surface area contributed by atoms with Gasteiger partial charge in [0.2, 0.25) is 0 Å². The van der Waals surface area contributed by atoms with Crippen LogP contribution in [-0.4, -0.2) is 49.6 Å². The molecule has 166 valence electrons. The van der Waals surface area contributed by atoms with Gasteiger partial charge in [0.25, 0.3) is 11.6 Å². The number of non-ortho nitro benzene ring substituents is 1. The second kappa shape index (κ2) is 8.66. The molecule has 10 nitrogen and oxygen atoms in total. The summed E-state index contributed by atoms with van der Waals surface area (Å²) in [5.41, 5.74) is 2.80. The van der Waals surface area contributed by atoms with E-state index >= 15 is 0 Å². The molecule has 3 heterocycles. The molecule has 1 aliphatic heterocycles.